The fourth-order valence-corrected chi connectivity index (χ4v) is 4.43. The average Bonchev–Trinajstić information content (AvgIpc) is 2.90. The first kappa shape index (κ1) is 24.1. The highest BCUT2D eigenvalue weighted by Gasteiger charge is 2.22. The number of methoxy groups -OCH3 is 1. The first-order valence-electron chi connectivity index (χ1n) is 11.0. The second kappa shape index (κ2) is 11.0. The summed E-state index contributed by atoms with van der Waals surface area (Å²) in [5.41, 5.74) is 6.68. The first-order chi connectivity index (χ1) is 16.9. The van der Waals surface area contributed by atoms with Crippen LogP contribution in [0, 0.1) is 0 Å². The van der Waals surface area contributed by atoms with Crippen LogP contribution in [0.3, 0.4) is 0 Å². The number of benzene rings is 2. The molecule has 0 saturated carbocycles. The Hall–Kier alpha value is -3.99. The van der Waals surface area contributed by atoms with Crippen LogP contribution in [0.1, 0.15) is 10.4 Å². The molecular weight excluding hydrogens is 468 g/mol. The van der Waals surface area contributed by atoms with Gasteiger partial charge in [-0.2, -0.15) is 0 Å². The predicted molar refractivity (Wildman–Crippen MR) is 136 cm³/mol. The standard InChI is InChI=1S/C24H26N6O4S/c1-34-18-9-7-16(8-10-18)22(32)26-20-21(25)27-24(28-23(20)33)35-15-19(31)30-13-11-29(12-14-30)17-5-3-2-4-6-17/h2-10H,11-15H2,1H3,(H,26,32)(H3,25,27,28,33). The number of nitrogens with two attached hydrogens (primary N) is 1. The van der Waals surface area contributed by atoms with E-state index >= 15 is 0 Å². The molecule has 4 rings (SSSR count). The van der Waals surface area contributed by atoms with E-state index in [0.717, 1.165) is 30.5 Å². The number of ether oxygens (including phenoxy) is 1. The molecule has 182 valence electrons. The van der Waals surface area contributed by atoms with Crippen molar-refractivity contribution < 1.29 is 14.3 Å². The molecule has 1 fully saturated rings. The quantitative estimate of drug-likeness (QED) is 0.336. The van der Waals surface area contributed by atoms with Gasteiger partial charge in [0.2, 0.25) is 5.91 Å². The molecule has 0 aliphatic carbocycles. The summed E-state index contributed by atoms with van der Waals surface area (Å²) in [6.45, 7) is 2.75. The number of rotatable bonds is 7. The zero-order valence-corrected chi connectivity index (χ0v) is 20.0. The van der Waals surface area contributed by atoms with Crippen LogP contribution in [0.15, 0.2) is 64.5 Å². The van der Waals surface area contributed by atoms with Gasteiger partial charge in [0.25, 0.3) is 11.5 Å². The van der Waals surface area contributed by atoms with Gasteiger partial charge in [-0.05, 0) is 36.4 Å². The number of hydrogen-bond acceptors (Lipinski definition) is 8. The minimum absolute atomic E-state index is 0.0409. The van der Waals surface area contributed by atoms with Crippen molar-refractivity contribution in [1.82, 2.24) is 14.9 Å². The topological polar surface area (TPSA) is 134 Å². The van der Waals surface area contributed by atoms with Gasteiger partial charge in [-0.15, -0.1) is 0 Å². The number of para-hydroxylation sites is 1. The molecule has 0 atom stereocenters. The van der Waals surface area contributed by atoms with E-state index in [1.165, 1.54) is 7.11 Å². The average molecular weight is 495 g/mol. The second-order valence-corrected chi connectivity index (χ2v) is 8.77. The van der Waals surface area contributed by atoms with Crippen molar-refractivity contribution in [2.75, 3.05) is 55.0 Å². The van der Waals surface area contributed by atoms with E-state index in [9.17, 15) is 14.4 Å². The van der Waals surface area contributed by atoms with Gasteiger partial charge in [0, 0.05) is 37.4 Å². The van der Waals surface area contributed by atoms with Crippen molar-refractivity contribution in [3.8, 4) is 5.75 Å². The fourth-order valence-electron chi connectivity index (χ4n) is 3.66. The normalized spacial score (nSPS) is 13.4. The SMILES string of the molecule is COc1ccc(C(=O)Nc2c(N)nc(SCC(=O)N3CCN(c4ccccc4)CC3)[nH]c2=O)cc1. The summed E-state index contributed by atoms with van der Waals surface area (Å²) in [5, 5.41) is 2.71. The maximum absolute atomic E-state index is 12.7. The van der Waals surface area contributed by atoms with Crippen LogP contribution in [0.25, 0.3) is 0 Å². The Bertz CT molecular complexity index is 1240. The summed E-state index contributed by atoms with van der Waals surface area (Å²) >= 11 is 1.10. The van der Waals surface area contributed by atoms with E-state index in [1.54, 1.807) is 29.2 Å². The van der Waals surface area contributed by atoms with Crippen molar-refractivity contribution in [2.45, 2.75) is 5.16 Å². The number of aromatic amines is 1. The van der Waals surface area contributed by atoms with Gasteiger partial charge in [-0.1, -0.05) is 30.0 Å². The molecule has 0 radical (unpaired) electrons. The van der Waals surface area contributed by atoms with Crippen LogP contribution >= 0.6 is 11.8 Å². The van der Waals surface area contributed by atoms with Gasteiger partial charge in [0.05, 0.1) is 12.9 Å². The third kappa shape index (κ3) is 5.93. The molecule has 2 heterocycles. The van der Waals surface area contributed by atoms with Crippen molar-refractivity contribution in [1.29, 1.82) is 0 Å². The molecule has 4 N–H and O–H groups in total. The van der Waals surface area contributed by atoms with Crippen molar-refractivity contribution in [3.05, 3.63) is 70.5 Å². The Morgan fingerprint density at radius 2 is 1.77 bits per heavy atom. The summed E-state index contributed by atoms with van der Waals surface area (Å²) in [6.07, 6.45) is 0. The maximum atomic E-state index is 12.7. The van der Waals surface area contributed by atoms with Crippen LogP contribution in [0.4, 0.5) is 17.2 Å². The van der Waals surface area contributed by atoms with E-state index in [1.807, 2.05) is 18.2 Å². The number of piperazine rings is 1. The first-order valence-corrected chi connectivity index (χ1v) is 12.0. The number of hydrogen-bond donors (Lipinski definition) is 3. The second-order valence-electron chi connectivity index (χ2n) is 7.81. The summed E-state index contributed by atoms with van der Waals surface area (Å²) in [4.78, 5) is 48.4. The van der Waals surface area contributed by atoms with Crippen LogP contribution < -0.4 is 26.2 Å². The zero-order valence-electron chi connectivity index (χ0n) is 19.2. The molecule has 2 aromatic carbocycles. The van der Waals surface area contributed by atoms with E-state index < -0.39 is 11.5 Å². The fraction of sp³-hybridized carbons (Fsp3) is 0.250. The molecule has 1 aromatic heterocycles. The van der Waals surface area contributed by atoms with Gasteiger partial charge in [-0.25, -0.2) is 4.98 Å². The number of aromatic nitrogens is 2. The van der Waals surface area contributed by atoms with Gasteiger partial charge in [0.15, 0.2) is 11.0 Å². The number of H-pyrrole nitrogens is 1. The monoisotopic (exact) mass is 494 g/mol. The van der Waals surface area contributed by atoms with E-state index in [-0.39, 0.29) is 28.3 Å². The summed E-state index contributed by atoms with van der Waals surface area (Å²) in [6, 6.07) is 16.5. The Morgan fingerprint density at radius 3 is 2.40 bits per heavy atom. The minimum Gasteiger partial charge on any atom is -0.497 e. The Labute approximate surface area is 206 Å². The molecule has 0 unspecified atom stereocenters. The third-order valence-electron chi connectivity index (χ3n) is 5.60. The largest absolute Gasteiger partial charge is 0.497 e. The highest BCUT2D eigenvalue weighted by Crippen LogP contribution is 2.20. The van der Waals surface area contributed by atoms with E-state index in [2.05, 4.69) is 32.3 Å². The molecule has 11 heteroatoms. The third-order valence-corrected chi connectivity index (χ3v) is 6.46. The molecule has 2 amide bonds. The molecular formula is C24H26N6O4S. The van der Waals surface area contributed by atoms with E-state index in [4.69, 9.17) is 10.5 Å². The molecule has 1 aliphatic rings. The number of anilines is 3. The molecule has 1 saturated heterocycles. The van der Waals surface area contributed by atoms with Crippen molar-refractivity contribution in [2.24, 2.45) is 0 Å². The van der Waals surface area contributed by atoms with Gasteiger partial charge >= 0.3 is 0 Å². The number of nitrogens with zero attached hydrogens (tertiary/aromatic N) is 3. The smallest absolute Gasteiger partial charge is 0.277 e. The number of carbonyl (C=O) groups is 2. The molecule has 10 nitrogen and oxygen atoms in total. The highest BCUT2D eigenvalue weighted by molar-refractivity contribution is 7.99. The van der Waals surface area contributed by atoms with Crippen LogP contribution in [0.5, 0.6) is 5.75 Å². The van der Waals surface area contributed by atoms with Crippen molar-refractivity contribution in [3.63, 3.8) is 0 Å². The van der Waals surface area contributed by atoms with Crippen LogP contribution in [0.2, 0.25) is 0 Å². The lowest BCUT2D eigenvalue weighted by atomic mass is 10.2. The number of nitrogen functional groups attached to an aromatic ring is 1. The maximum Gasteiger partial charge on any atom is 0.277 e. The number of nitrogens with one attached hydrogen (secondary N) is 2. The molecule has 0 spiro atoms. The van der Waals surface area contributed by atoms with Crippen molar-refractivity contribution >= 4 is 40.8 Å². The van der Waals surface area contributed by atoms with Gasteiger partial charge < -0.3 is 25.6 Å². The highest BCUT2D eigenvalue weighted by atomic mass is 32.2. The molecule has 35 heavy (non-hydrogen) atoms. The molecule has 0 bridgehead atoms. The lowest BCUT2D eigenvalue weighted by Gasteiger charge is -2.36. The number of thioether (sulfide) groups is 1. The Balaban J connectivity index is 1.32. The van der Waals surface area contributed by atoms with Gasteiger partial charge in [-0.3, -0.25) is 19.4 Å². The Morgan fingerprint density at radius 1 is 1.09 bits per heavy atom. The summed E-state index contributed by atoms with van der Waals surface area (Å²) in [7, 11) is 1.53. The van der Waals surface area contributed by atoms with E-state index in [0.29, 0.717) is 24.4 Å². The Kier molecular flexibility index (Phi) is 7.56. The van der Waals surface area contributed by atoms with Crippen LogP contribution in [-0.4, -0.2) is 65.7 Å². The molecule has 3 aromatic rings. The molecule has 1 aliphatic heterocycles. The zero-order chi connectivity index (χ0) is 24.8. The number of amides is 2. The number of carbonyl (C=O) groups excluding carboxylic acids is 2. The van der Waals surface area contributed by atoms with Crippen LogP contribution in [-0.2, 0) is 4.79 Å². The minimum atomic E-state index is -0.592. The van der Waals surface area contributed by atoms with Gasteiger partial charge in [0.1, 0.15) is 11.4 Å². The summed E-state index contributed by atoms with van der Waals surface area (Å²) < 4.78 is 5.07. The predicted octanol–water partition coefficient (Wildman–Crippen LogP) is 2.05. The summed E-state index contributed by atoms with van der Waals surface area (Å²) in [5.74, 6) is 0.0555. The lowest BCUT2D eigenvalue weighted by molar-refractivity contribution is -0.128. The lowest BCUT2D eigenvalue weighted by Crippen LogP contribution is -2.49.